The fourth-order valence-corrected chi connectivity index (χ4v) is 2.88. The molecule has 1 aromatic rings. The molecule has 2 heterocycles. The van der Waals surface area contributed by atoms with Crippen LogP contribution in [0.25, 0.3) is 0 Å². The van der Waals surface area contributed by atoms with Crippen molar-refractivity contribution in [2.45, 2.75) is 31.7 Å². The summed E-state index contributed by atoms with van der Waals surface area (Å²) >= 11 is 0. The number of hydrogen-bond acceptors (Lipinski definition) is 4. The van der Waals surface area contributed by atoms with Crippen LogP contribution in [0.4, 0.5) is 5.82 Å². The quantitative estimate of drug-likeness (QED) is 0.912. The Labute approximate surface area is 124 Å². The highest BCUT2D eigenvalue weighted by Gasteiger charge is 2.46. The Hall–Kier alpha value is -2.11. The minimum Gasteiger partial charge on any atom is -0.479 e. The lowest BCUT2D eigenvalue weighted by Gasteiger charge is -2.34. The summed E-state index contributed by atoms with van der Waals surface area (Å²) in [4.78, 5) is 31.2. The van der Waals surface area contributed by atoms with Crippen LogP contribution in [0.1, 0.15) is 36.5 Å². The van der Waals surface area contributed by atoms with Crippen molar-refractivity contribution >= 4 is 17.7 Å². The monoisotopic (exact) mass is 291 g/mol. The summed E-state index contributed by atoms with van der Waals surface area (Å²) in [7, 11) is 3.37. The van der Waals surface area contributed by atoms with Gasteiger partial charge in [-0.15, -0.1) is 0 Å². The van der Waals surface area contributed by atoms with Crippen molar-refractivity contribution in [1.82, 2.24) is 9.88 Å². The average Bonchev–Trinajstić information content (AvgIpc) is 2.91. The molecule has 1 atom stereocenters. The molecule has 0 aromatic carbocycles. The maximum Gasteiger partial charge on any atom is 0.329 e. The van der Waals surface area contributed by atoms with Gasteiger partial charge in [-0.3, -0.25) is 4.79 Å². The Balaban J connectivity index is 2.30. The van der Waals surface area contributed by atoms with E-state index in [4.69, 9.17) is 0 Å². The molecule has 0 radical (unpaired) electrons. The Kier molecular flexibility index (Phi) is 4.16. The summed E-state index contributed by atoms with van der Waals surface area (Å²) in [6.45, 7) is 2.56. The van der Waals surface area contributed by atoms with Crippen LogP contribution in [-0.4, -0.2) is 53.0 Å². The van der Waals surface area contributed by atoms with Crippen molar-refractivity contribution in [3.05, 3.63) is 23.9 Å². The van der Waals surface area contributed by atoms with Crippen molar-refractivity contribution in [3.8, 4) is 0 Å². The molecule has 1 amide bonds. The van der Waals surface area contributed by atoms with E-state index in [9.17, 15) is 14.7 Å². The molecule has 114 valence electrons. The molecule has 0 bridgehead atoms. The van der Waals surface area contributed by atoms with Crippen molar-refractivity contribution in [2.75, 3.05) is 25.5 Å². The third-order valence-corrected chi connectivity index (χ3v) is 4.15. The topological polar surface area (TPSA) is 73.7 Å². The Bertz CT molecular complexity index is 542. The number of carbonyl (C=O) groups is 2. The predicted octanol–water partition coefficient (Wildman–Crippen LogP) is 1.62. The minimum atomic E-state index is -0.875. The van der Waals surface area contributed by atoms with E-state index >= 15 is 0 Å². The Morgan fingerprint density at radius 1 is 1.43 bits per heavy atom. The van der Waals surface area contributed by atoms with Gasteiger partial charge < -0.3 is 14.9 Å². The van der Waals surface area contributed by atoms with Crippen molar-refractivity contribution in [2.24, 2.45) is 0 Å². The van der Waals surface area contributed by atoms with Gasteiger partial charge in [-0.05, 0) is 31.4 Å². The molecular weight excluding hydrogens is 270 g/mol. The number of anilines is 1. The van der Waals surface area contributed by atoms with Crippen LogP contribution in [0.3, 0.4) is 0 Å². The van der Waals surface area contributed by atoms with Crippen LogP contribution >= 0.6 is 0 Å². The van der Waals surface area contributed by atoms with E-state index in [0.29, 0.717) is 30.8 Å². The van der Waals surface area contributed by atoms with Crippen molar-refractivity contribution in [3.63, 3.8) is 0 Å². The van der Waals surface area contributed by atoms with Crippen molar-refractivity contribution in [1.29, 1.82) is 0 Å². The number of hydrogen-bond donors (Lipinski definition) is 1. The van der Waals surface area contributed by atoms with E-state index in [1.54, 1.807) is 26.2 Å². The number of amides is 1. The smallest absolute Gasteiger partial charge is 0.329 e. The molecule has 0 spiro atoms. The van der Waals surface area contributed by atoms with Gasteiger partial charge in [0.15, 0.2) is 0 Å². The molecule has 1 aliphatic rings. The summed E-state index contributed by atoms with van der Waals surface area (Å²) < 4.78 is 0. The third-order valence-electron chi connectivity index (χ3n) is 4.15. The summed E-state index contributed by atoms with van der Waals surface area (Å²) in [5, 5.41) is 9.58. The van der Waals surface area contributed by atoms with E-state index in [1.165, 1.54) is 11.1 Å². The predicted molar refractivity (Wildman–Crippen MR) is 79.5 cm³/mol. The van der Waals surface area contributed by atoms with Gasteiger partial charge in [-0.2, -0.15) is 0 Å². The number of rotatable bonds is 4. The van der Waals surface area contributed by atoms with E-state index in [1.807, 2.05) is 11.8 Å². The fraction of sp³-hybridized carbons (Fsp3) is 0.533. The molecular formula is C15H21N3O3. The standard InChI is InChI=1S/C15H21N3O3/c1-4-15(14(20)21)8-5-9-18(15)12-7-6-11(10-16-12)13(19)17(2)3/h6-7,10H,4-5,8-9H2,1-3H3,(H,20,21). The number of carboxylic acids is 1. The van der Waals surface area contributed by atoms with Crippen LogP contribution < -0.4 is 4.90 Å². The molecule has 1 aliphatic heterocycles. The molecule has 1 N–H and O–H groups in total. The second-order valence-electron chi connectivity index (χ2n) is 5.55. The lowest BCUT2D eigenvalue weighted by molar-refractivity contribution is -0.143. The number of carboxylic acid groups (broad SMARTS) is 1. The van der Waals surface area contributed by atoms with Crippen LogP contribution in [-0.2, 0) is 4.79 Å². The molecule has 1 fully saturated rings. The van der Waals surface area contributed by atoms with Gasteiger partial charge >= 0.3 is 5.97 Å². The van der Waals surface area contributed by atoms with Crippen molar-refractivity contribution < 1.29 is 14.7 Å². The highest BCUT2D eigenvalue weighted by molar-refractivity contribution is 5.93. The zero-order valence-corrected chi connectivity index (χ0v) is 12.7. The molecule has 6 nitrogen and oxygen atoms in total. The first-order valence-corrected chi connectivity index (χ1v) is 7.11. The normalized spacial score (nSPS) is 21.4. The Morgan fingerprint density at radius 2 is 2.14 bits per heavy atom. The lowest BCUT2D eigenvalue weighted by Crippen LogP contribution is -2.50. The van der Waals surface area contributed by atoms with E-state index in [2.05, 4.69) is 4.98 Å². The third kappa shape index (κ3) is 2.57. The summed E-state index contributed by atoms with van der Waals surface area (Å²) in [5.74, 6) is -0.305. The first-order valence-electron chi connectivity index (χ1n) is 7.11. The molecule has 0 saturated carbocycles. The van der Waals surface area contributed by atoms with Crippen LogP contribution in [0.2, 0.25) is 0 Å². The fourth-order valence-electron chi connectivity index (χ4n) is 2.88. The number of aliphatic carboxylic acids is 1. The van der Waals surface area contributed by atoms with E-state index in [0.717, 1.165) is 6.42 Å². The van der Waals surface area contributed by atoms with E-state index in [-0.39, 0.29) is 5.91 Å². The molecule has 0 aliphatic carbocycles. The maximum atomic E-state index is 11.8. The van der Waals surface area contributed by atoms with Crippen LogP contribution in [0.5, 0.6) is 0 Å². The van der Waals surface area contributed by atoms with Crippen LogP contribution in [0, 0.1) is 0 Å². The van der Waals surface area contributed by atoms with Gasteiger partial charge in [0, 0.05) is 26.8 Å². The van der Waals surface area contributed by atoms with Crippen LogP contribution in [0.15, 0.2) is 18.3 Å². The number of carbonyl (C=O) groups excluding carboxylic acids is 1. The zero-order chi connectivity index (χ0) is 15.6. The highest BCUT2D eigenvalue weighted by Crippen LogP contribution is 2.36. The molecule has 2 rings (SSSR count). The van der Waals surface area contributed by atoms with Gasteiger partial charge in [0.05, 0.1) is 5.56 Å². The largest absolute Gasteiger partial charge is 0.479 e. The van der Waals surface area contributed by atoms with Gasteiger partial charge in [-0.25, -0.2) is 9.78 Å². The summed E-state index contributed by atoms with van der Waals surface area (Å²) in [6, 6.07) is 3.43. The maximum absolute atomic E-state index is 11.8. The first kappa shape index (κ1) is 15.3. The van der Waals surface area contributed by atoms with Gasteiger partial charge in [0.2, 0.25) is 0 Å². The number of pyridine rings is 1. The van der Waals surface area contributed by atoms with Gasteiger partial charge in [0.1, 0.15) is 11.4 Å². The zero-order valence-electron chi connectivity index (χ0n) is 12.7. The molecule has 6 heteroatoms. The van der Waals surface area contributed by atoms with Gasteiger partial charge in [0.25, 0.3) is 5.91 Å². The number of aromatic nitrogens is 1. The molecule has 1 unspecified atom stereocenters. The summed E-state index contributed by atoms with van der Waals surface area (Å²) in [6.07, 6.45) is 3.50. The SMILES string of the molecule is CCC1(C(=O)O)CCCN1c1ccc(C(=O)N(C)C)cn1. The average molecular weight is 291 g/mol. The van der Waals surface area contributed by atoms with Gasteiger partial charge in [-0.1, -0.05) is 6.92 Å². The number of nitrogens with zero attached hydrogens (tertiary/aromatic N) is 3. The molecule has 1 saturated heterocycles. The minimum absolute atomic E-state index is 0.115. The first-order chi connectivity index (χ1) is 9.92. The second-order valence-corrected chi connectivity index (χ2v) is 5.55. The molecule has 1 aromatic heterocycles. The second kappa shape index (κ2) is 5.71. The summed E-state index contributed by atoms with van der Waals surface area (Å²) in [5.41, 5.74) is -0.375. The Morgan fingerprint density at radius 3 is 2.62 bits per heavy atom. The lowest BCUT2D eigenvalue weighted by atomic mass is 9.93. The van der Waals surface area contributed by atoms with E-state index < -0.39 is 11.5 Å². The molecule has 21 heavy (non-hydrogen) atoms. The highest BCUT2D eigenvalue weighted by atomic mass is 16.4.